The highest BCUT2D eigenvalue weighted by Crippen LogP contribution is 2.24. The monoisotopic (exact) mass is 405 g/mol. The minimum absolute atomic E-state index is 0.0369. The molecule has 29 heavy (non-hydrogen) atoms. The van der Waals surface area contributed by atoms with Crippen molar-refractivity contribution in [1.29, 1.82) is 0 Å². The van der Waals surface area contributed by atoms with Crippen molar-refractivity contribution in [3.8, 4) is 11.4 Å². The van der Waals surface area contributed by atoms with Crippen molar-refractivity contribution in [2.75, 3.05) is 0 Å². The molecule has 4 aromatic rings. The van der Waals surface area contributed by atoms with Crippen LogP contribution in [0.15, 0.2) is 59.7 Å². The first-order valence-electron chi connectivity index (χ1n) is 8.22. The molecule has 0 aliphatic heterocycles. The summed E-state index contributed by atoms with van der Waals surface area (Å²) < 4.78 is 56.9. The maximum Gasteiger partial charge on any atom is 0.573 e. The van der Waals surface area contributed by atoms with Crippen molar-refractivity contribution in [3.05, 3.63) is 76.6 Å². The average molecular weight is 405 g/mol. The average Bonchev–Trinajstić information content (AvgIpc) is 3.10. The van der Waals surface area contributed by atoms with Gasteiger partial charge in [-0.2, -0.15) is 4.68 Å². The molecule has 0 saturated carbocycles. The summed E-state index contributed by atoms with van der Waals surface area (Å²) in [5.41, 5.74) is 0.175. The normalized spacial score (nSPS) is 11.7. The van der Waals surface area contributed by atoms with E-state index in [4.69, 9.17) is 0 Å². The van der Waals surface area contributed by atoms with E-state index in [-0.39, 0.29) is 17.7 Å². The number of aromatic nitrogens is 5. The van der Waals surface area contributed by atoms with Crippen molar-refractivity contribution in [2.24, 2.45) is 0 Å². The summed E-state index contributed by atoms with van der Waals surface area (Å²) >= 11 is 0. The molecule has 0 radical (unpaired) electrons. The third-order valence-corrected chi connectivity index (χ3v) is 4.04. The van der Waals surface area contributed by atoms with E-state index in [1.165, 1.54) is 33.8 Å². The van der Waals surface area contributed by atoms with Crippen LogP contribution in [0.25, 0.3) is 16.9 Å². The summed E-state index contributed by atoms with van der Waals surface area (Å²) in [7, 11) is 0. The van der Waals surface area contributed by atoms with Gasteiger partial charge in [-0.05, 0) is 30.3 Å². The molecule has 0 N–H and O–H groups in total. The Morgan fingerprint density at radius 3 is 2.45 bits per heavy atom. The molecular formula is C18H11F4N5O2. The molecule has 7 nitrogen and oxygen atoms in total. The Kier molecular flexibility index (Phi) is 4.49. The van der Waals surface area contributed by atoms with Gasteiger partial charge in [-0.15, -0.1) is 18.3 Å². The molecule has 0 aliphatic rings. The van der Waals surface area contributed by atoms with Crippen LogP contribution < -0.4 is 10.3 Å². The first-order chi connectivity index (χ1) is 13.8. The molecule has 2 aromatic heterocycles. The molecule has 0 unspecified atom stereocenters. The molecular weight excluding hydrogens is 394 g/mol. The summed E-state index contributed by atoms with van der Waals surface area (Å²) in [5.74, 6) is -0.852. The Labute approximate surface area is 159 Å². The summed E-state index contributed by atoms with van der Waals surface area (Å²) in [6.45, 7) is -0.0369. The van der Waals surface area contributed by atoms with E-state index >= 15 is 0 Å². The second-order valence-electron chi connectivity index (χ2n) is 5.98. The van der Waals surface area contributed by atoms with Crippen LogP contribution in [-0.2, 0) is 6.54 Å². The molecule has 4 rings (SSSR count). The largest absolute Gasteiger partial charge is 0.573 e. The van der Waals surface area contributed by atoms with E-state index in [1.807, 2.05) is 0 Å². The third kappa shape index (κ3) is 3.79. The molecule has 0 fully saturated rings. The highest BCUT2D eigenvalue weighted by molar-refractivity contribution is 5.70. The topological polar surface area (TPSA) is 74.8 Å². The van der Waals surface area contributed by atoms with Crippen LogP contribution in [0.5, 0.6) is 5.75 Å². The van der Waals surface area contributed by atoms with Crippen molar-refractivity contribution in [3.63, 3.8) is 0 Å². The zero-order valence-corrected chi connectivity index (χ0v) is 14.5. The molecule has 2 aromatic carbocycles. The van der Waals surface area contributed by atoms with Crippen LogP contribution in [0.4, 0.5) is 17.6 Å². The first kappa shape index (κ1) is 18.6. The van der Waals surface area contributed by atoms with Crippen molar-refractivity contribution >= 4 is 11.2 Å². The van der Waals surface area contributed by atoms with Crippen LogP contribution in [0.1, 0.15) is 5.56 Å². The SMILES string of the molecule is O=c1c2nnn(-c3ccc(OC(F)(F)F)cc3)c2ncn1Cc1ccccc1F. The number of nitrogens with zero attached hydrogens (tertiary/aromatic N) is 5. The molecule has 0 aliphatic carbocycles. The highest BCUT2D eigenvalue weighted by Gasteiger charge is 2.31. The lowest BCUT2D eigenvalue weighted by Gasteiger charge is -2.09. The lowest BCUT2D eigenvalue weighted by atomic mass is 10.2. The number of rotatable bonds is 4. The van der Waals surface area contributed by atoms with Gasteiger partial charge < -0.3 is 4.74 Å². The summed E-state index contributed by atoms with van der Waals surface area (Å²) in [6, 6.07) is 10.9. The minimum Gasteiger partial charge on any atom is -0.406 e. The van der Waals surface area contributed by atoms with Gasteiger partial charge in [0.05, 0.1) is 12.2 Å². The maximum absolute atomic E-state index is 13.8. The van der Waals surface area contributed by atoms with Crippen LogP contribution in [-0.4, -0.2) is 30.9 Å². The Hall–Kier alpha value is -3.76. The molecule has 0 atom stereocenters. The number of fused-ring (bicyclic) bond motifs is 1. The van der Waals surface area contributed by atoms with Crippen molar-refractivity contribution in [1.82, 2.24) is 24.5 Å². The second kappa shape index (κ2) is 7.00. The van der Waals surface area contributed by atoms with E-state index in [0.717, 1.165) is 12.1 Å². The van der Waals surface area contributed by atoms with E-state index < -0.39 is 23.5 Å². The fourth-order valence-corrected chi connectivity index (χ4v) is 2.73. The van der Waals surface area contributed by atoms with Crippen LogP contribution in [0.3, 0.4) is 0 Å². The molecule has 2 heterocycles. The zero-order valence-electron chi connectivity index (χ0n) is 14.5. The lowest BCUT2D eigenvalue weighted by Crippen LogP contribution is -2.22. The van der Waals surface area contributed by atoms with Crippen molar-refractivity contribution < 1.29 is 22.3 Å². The van der Waals surface area contributed by atoms with Gasteiger partial charge in [0, 0.05) is 5.56 Å². The lowest BCUT2D eigenvalue weighted by molar-refractivity contribution is -0.274. The Balaban J connectivity index is 1.67. The van der Waals surface area contributed by atoms with Gasteiger partial charge in [-0.25, -0.2) is 9.37 Å². The van der Waals surface area contributed by atoms with E-state index in [9.17, 15) is 22.4 Å². The van der Waals surface area contributed by atoms with E-state index in [1.54, 1.807) is 18.2 Å². The quantitative estimate of drug-likeness (QED) is 0.488. The van der Waals surface area contributed by atoms with E-state index in [2.05, 4.69) is 20.0 Å². The van der Waals surface area contributed by atoms with Gasteiger partial charge in [-0.1, -0.05) is 23.4 Å². The third-order valence-electron chi connectivity index (χ3n) is 4.04. The molecule has 0 amide bonds. The number of hydrogen-bond acceptors (Lipinski definition) is 5. The van der Waals surface area contributed by atoms with Crippen LogP contribution in [0, 0.1) is 5.82 Å². The van der Waals surface area contributed by atoms with E-state index in [0.29, 0.717) is 11.3 Å². The summed E-state index contributed by atoms with van der Waals surface area (Å²) in [5, 5.41) is 7.66. The summed E-state index contributed by atoms with van der Waals surface area (Å²) in [4.78, 5) is 16.8. The predicted molar refractivity (Wildman–Crippen MR) is 93.1 cm³/mol. The maximum atomic E-state index is 13.8. The molecule has 148 valence electrons. The van der Waals surface area contributed by atoms with Crippen LogP contribution in [0.2, 0.25) is 0 Å². The number of halogens is 4. The Morgan fingerprint density at radius 1 is 1.03 bits per heavy atom. The predicted octanol–water partition coefficient (Wildman–Crippen LogP) is 3.06. The van der Waals surface area contributed by atoms with Gasteiger partial charge >= 0.3 is 6.36 Å². The summed E-state index contributed by atoms with van der Waals surface area (Å²) in [6.07, 6.45) is -3.57. The number of ether oxygens (including phenoxy) is 1. The highest BCUT2D eigenvalue weighted by atomic mass is 19.4. The fraction of sp³-hybridized carbons (Fsp3) is 0.111. The van der Waals surface area contributed by atoms with Gasteiger partial charge in [0.2, 0.25) is 0 Å². The second-order valence-corrected chi connectivity index (χ2v) is 5.98. The minimum atomic E-state index is -4.80. The van der Waals surface area contributed by atoms with Gasteiger partial charge in [-0.3, -0.25) is 9.36 Å². The molecule has 11 heteroatoms. The molecule has 0 spiro atoms. The van der Waals surface area contributed by atoms with Gasteiger partial charge in [0.15, 0.2) is 11.2 Å². The Bertz CT molecular complexity index is 1230. The smallest absolute Gasteiger partial charge is 0.406 e. The van der Waals surface area contributed by atoms with Crippen molar-refractivity contribution in [2.45, 2.75) is 12.9 Å². The van der Waals surface area contributed by atoms with Crippen LogP contribution >= 0.6 is 0 Å². The zero-order chi connectivity index (χ0) is 20.6. The number of alkyl halides is 3. The van der Waals surface area contributed by atoms with Gasteiger partial charge in [0.25, 0.3) is 5.56 Å². The number of benzene rings is 2. The van der Waals surface area contributed by atoms with Gasteiger partial charge in [0.1, 0.15) is 17.9 Å². The molecule has 0 saturated heterocycles. The fourth-order valence-electron chi connectivity index (χ4n) is 2.73. The number of hydrogen-bond donors (Lipinski definition) is 0. The molecule has 0 bridgehead atoms. The Morgan fingerprint density at radius 2 is 1.76 bits per heavy atom. The standard InChI is InChI=1S/C18H11F4N5O2/c19-14-4-2-1-3-11(14)9-26-10-23-16-15(17(26)28)24-25-27(16)12-5-7-13(8-6-12)29-18(20,21)22/h1-8,10H,9H2. The first-order valence-corrected chi connectivity index (χ1v) is 8.22.